The highest BCUT2D eigenvalue weighted by molar-refractivity contribution is 5.88. The second kappa shape index (κ2) is 5.72. The predicted molar refractivity (Wildman–Crippen MR) is 54.4 cm³/mol. The van der Waals surface area contributed by atoms with Gasteiger partial charge in [0.15, 0.2) is 0 Å². The van der Waals surface area contributed by atoms with Gasteiger partial charge in [-0.2, -0.15) is 0 Å². The van der Waals surface area contributed by atoms with Crippen molar-refractivity contribution in [3.8, 4) is 0 Å². The molecular weight excluding hydrogens is 198 g/mol. The fraction of sp³-hybridized carbons (Fsp3) is 0.700. The Hall–Kier alpha value is -1.07. The Labute approximate surface area is 89.0 Å². The Morgan fingerprint density at radius 3 is 2.67 bits per heavy atom. The normalized spacial score (nSPS) is 19.3. The summed E-state index contributed by atoms with van der Waals surface area (Å²) in [5, 5.41) is 18.5. The van der Waals surface area contributed by atoms with Crippen LogP contribution in [-0.4, -0.2) is 53.9 Å². The number of rotatable bonds is 3. The molecule has 0 radical (unpaired) electrons. The highest BCUT2D eigenvalue weighted by Gasteiger charge is 2.20. The molecule has 5 nitrogen and oxygen atoms in total. The molecule has 0 spiro atoms. The molecule has 0 unspecified atom stereocenters. The highest BCUT2D eigenvalue weighted by atomic mass is 16.5. The maximum Gasteiger partial charge on any atom is 0.250 e. The summed E-state index contributed by atoms with van der Waals surface area (Å²) in [6.45, 7) is 1.12. The van der Waals surface area contributed by atoms with Crippen LogP contribution in [0, 0.1) is 0 Å². The predicted octanol–water partition coefficient (Wildman–Crippen LogP) is 0.0580. The quantitative estimate of drug-likeness (QED) is 0.516. The van der Waals surface area contributed by atoms with Gasteiger partial charge in [-0.3, -0.25) is 4.79 Å². The van der Waals surface area contributed by atoms with Gasteiger partial charge in [-0.25, -0.2) is 0 Å². The minimum atomic E-state index is -0.300. The van der Waals surface area contributed by atoms with E-state index in [1.165, 1.54) is 13.2 Å². The van der Waals surface area contributed by atoms with E-state index >= 15 is 0 Å². The van der Waals surface area contributed by atoms with Crippen LogP contribution in [0.25, 0.3) is 0 Å². The molecule has 0 aliphatic carbocycles. The molecule has 2 N–H and O–H groups in total. The smallest absolute Gasteiger partial charge is 0.250 e. The van der Waals surface area contributed by atoms with Crippen molar-refractivity contribution in [2.75, 3.05) is 26.8 Å². The zero-order chi connectivity index (χ0) is 11.3. The van der Waals surface area contributed by atoms with Gasteiger partial charge in [-0.05, 0) is 12.8 Å². The van der Waals surface area contributed by atoms with Crippen LogP contribution in [0.5, 0.6) is 0 Å². The van der Waals surface area contributed by atoms with Crippen molar-refractivity contribution < 1.29 is 19.7 Å². The van der Waals surface area contributed by atoms with Crippen LogP contribution in [-0.2, 0) is 9.53 Å². The van der Waals surface area contributed by atoms with E-state index in [4.69, 9.17) is 0 Å². The average Bonchev–Trinajstić information content (AvgIpc) is 2.18. The molecule has 86 valence electrons. The number of aliphatic hydroxyl groups excluding tert-OH is 2. The molecular formula is C10H17NO4. The van der Waals surface area contributed by atoms with Gasteiger partial charge in [-0.15, -0.1) is 0 Å². The Bertz CT molecular complexity index is 244. The molecule has 1 aliphatic rings. The molecule has 1 rings (SSSR count). The third kappa shape index (κ3) is 3.89. The number of piperidine rings is 1. The van der Waals surface area contributed by atoms with Gasteiger partial charge in [0.25, 0.3) is 0 Å². The lowest BCUT2D eigenvalue weighted by Gasteiger charge is -2.28. The van der Waals surface area contributed by atoms with Crippen molar-refractivity contribution in [2.45, 2.75) is 18.9 Å². The van der Waals surface area contributed by atoms with E-state index in [0.717, 1.165) is 0 Å². The van der Waals surface area contributed by atoms with Gasteiger partial charge < -0.3 is 19.8 Å². The number of amides is 1. The number of ether oxygens (including phenoxy) is 1. The topological polar surface area (TPSA) is 70.0 Å². The Kier molecular flexibility index (Phi) is 4.58. The van der Waals surface area contributed by atoms with E-state index < -0.39 is 0 Å². The molecule has 15 heavy (non-hydrogen) atoms. The lowest BCUT2D eigenvalue weighted by Crippen LogP contribution is -2.39. The van der Waals surface area contributed by atoms with Crippen molar-refractivity contribution in [1.29, 1.82) is 0 Å². The van der Waals surface area contributed by atoms with Gasteiger partial charge in [0.1, 0.15) is 12.4 Å². The number of carbonyl (C=O) groups excluding carboxylic acids is 1. The highest BCUT2D eigenvalue weighted by Crippen LogP contribution is 2.10. The van der Waals surface area contributed by atoms with Crippen LogP contribution < -0.4 is 0 Å². The monoisotopic (exact) mass is 215 g/mol. The molecule has 1 saturated heterocycles. The summed E-state index contributed by atoms with van der Waals surface area (Å²) in [5.41, 5.74) is 0. The molecule has 0 atom stereocenters. The lowest BCUT2D eigenvalue weighted by molar-refractivity contribution is -0.128. The summed E-state index contributed by atoms with van der Waals surface area (Å²) in [5.74, 6) is -0.301. The Morgan fingerprint density at radius 1 is 1.53 bits per heavy atom. The average molecular weight is 215 g/mol. The van der Waals surface area contributed by atoms with E-state index in [2.05, 4.69) is 4.74 Å². The maximum absolute atomic E-state index is 11.5. The molecule has 1 heterocycles. The van der Waals surface area contributed by atoms with Crippen LogP contribution in [0.15, 0.2) is 11.8 Å². The third-order valence-corrected chi connectivity index (χ3v) is 2.36. The summed E-state index contributed by atoms with van der Waals surface area (Å²) in [7, 11) is 1.45. The number of nitrogens with zero attached hydrogens (tertiary/aromatic N) is 1. The summed E-state index contributed by atoms with van der Waals surface area (Å²) in [6.07, 6.45) is 2.07. The number of hydrogen-bond donors (Lipinski definition) is 2. The molecule has 0 saturated carbocycles. The second-order valence-electron chi connectivity index (χ2n) is 3.63. The number of aliphatic hydroxyl groups is 2. The molecule has 1 fully saturated rings. The van der Waals surface area contributed by atoms with E-state index in [9.17, 15) is 15.0 Å². The first-order chi connectivity index (χ1) is 7.13. The summed E-state index contributed by atoms with van der Waals surface area (Å²) in [6, 6.07) is 0. The number of likely N-dealkylation sites (tertiary alicyclic amines) is 1. The third-order valence-electron chi connectivity index (χ3n) is 2.36. The largest absolute Gasteiger partial charge is 0.510 e. The van der Waals surface area contributed by atoms with Crippen molar-refractivity contribution in [3.63, 3.8) is 0 Å². The van der Waals surface area contributed by atoms with E-state index in [-0.39, 0.29) is 24.4 Å². The summed E-state index contributed by atoms with van der Waals surface area (Å²) < 4.78 is 4.68. The van der Waals surface area contributed by atoms with Crippen LogP contribution >= 0.6 is 0 Å². The molecule has 0 aromatic carbocycles. The SMILES string of the molecule is COC/C(O)=C/C(=O)N1CCC(O)CC1. The molecule has 1 amide bonds. The minimum absolute atomic E-state index is 0.0439. The van der Waals surface area contributed by atoms with Crippen LogP contribution in [0.3, 0.4) is 0 Å². The zero-order valence-corrected chi connectivity index (χ0v) is 8.85. The van der Waals surface area contributed by atoms with Crippen molar-refractivity contribution >= 4 is 5.91 Å². The van der Waals surface area contributed by atoms with E-state index in [1.807, 2.05) is 0 Å². The molecule has 0 bridgehead atoms. The molecule has 5 heteroatoms. The fourth-order valence-electron chi connectivity index (χ4n) is 1.51. The van der Waals surface area contributed by atoms with Crippen molar-refractivity contribution in [3.05, 3.63) is 11.8 Å². The first-order valence-corrected chi connectivity index (χ1v) is 4.99. The first-order valence-electron chi connectivity index (χ1n) is 4.99. The zero-order valence-electron chi connectivity index (χ0n) is 8.85. The summed E-state index contributed by atoms with van der Waals surface area (Å²) >= 11 is 0. The molecule has 0 aromatic rings. The van der Waals surface area contributed by atoms with Gasteiger partial charge in [0.05, 0.1) is 6.10 Å². The van der Waals surface area contributed by atoms with Gasteiger partial charge in [0.2, 0.25) is 5.91 Å². The number of hydrogen-bond acceptors (Lipinski definition) is 4. The van der Waals surface area contributed by atoms with E-state index in [0.29, 0.717) is 25.9 Å². The van der Waals surface area contributed by atoms with Crippen LogP contribution in [0.1, 0.15) is 12.8 Å². The Morgan fingerprint density at radius 2 is 2.13 bits per heavy atom. The molecule has 1 aliphatic heterocycles. The van der Waals surface area contributed by atoms with Crippen LogP contribution in [0.4, 0.5) is 0 Å². The molecule has 0 aromatic heterocycles. The standard InChI is InChI=1S/C10H17NO4/c1-15-7-9(13)6-10(14)11-4-2-8(12)3-5-11/h6,8,12-13H,2-5,7H2,1H3/b9-6-. The number of methoxy groups -OCH3 is 1. The van der Waals surface area contributed by atoms with Crippen molar-refractivity contribution in [1.82, 2.24) is 4.90 Å². The maximum atomic E-state index is 11.5. The minimum Gasteiger partial charge on any atom is -0.510 e. The lowest BCUT2D eigenvalue weighted by atomic mass is 10.1. The first kappa shape index (κ1) is 12.0. The fourth-order valence-corrected chi connectivity index (χ4v) is 1.51. The Balaban J connectivity index is 2.43. The van der Waals surface area contributed by atoms with E-state index in [1.54, 1.807) is 4.90 Å². The summed E-state index contributed by atoms with van der Waals surface area (Å²) in [4.78, 5) is 13.2. The van der Waals surface area contributed by atoms with Gasteiger partial charge in [0, 0.05) is 26.3 Å². The van der Waals surface area contributed by atoms with Crippen molar-refractivity contribution in [2.24, 2.45) is 0 Å². The van der Waals surface area contributed by atoms with Gasteiger partial charge in [-0.1, -0.05) is 0 Å². The second-order valence-corrected chi connectivity index (χ2v) is 3.63. The number of carbonyl (C=O) groups is 1. The van der Waals surface area contributed by atoms with Gasteiger partial charge >= 0.3 is 0 Å². The van der Waals surface area contributed by atoms with Crippen LogP contribution in [0.2, 0.25) is 0 Å².